The first-order valence-corrected chi connectivity index (χ1v) is 7.98. The minimum absolute atomic E-state index is 0.274. The van der Waals surface area contributed by atoms with E-state index in [4.69, 9.17) is 21.3 Å². The number of fused-ring (bicyclic) bond motifs is 1. The Morgan fingerprint density at radius 1 is 1.43 bits per heavy atom. The second-order valence-corrected chi connectivity index (χ2v) is 6.26. The molecule has 0 radical (unpaired) electrons. The van der Waals surface area contributed by atoms with E-state index >= 15 is 0 Å². The number of hydrogen-bond donors (Lipinski definition) is 1. The van der Waals surface area contributed by atoms with Crippen molar-refractivity contribution >= 4 is 22.6 Å². The van der Waals surface area contributed by atoms with Crippen molar-refractivity contribution in [3.05, 3.63) is 29.0 Å². The molecule has 1 aromatic heterocycles. The Morgan fingerprint density at radius 3 is 2.95 bits per heavy atom. The Kier molecular flexibility index (Phi) is 4.20. The van der Waals surface area contributed by atoms with Gasteiger partial charge in [0.15, 0.2) is 0 Å². The van der Waals surface area contributed by atoms with Crippen molar-refractivity contribution in [3.8, 4) is 0 Å². The van der Waals surface area contributed by atoms with Crippen LogP contribution in [0, 0.1) is 0 Å². The summed E-state index contributed by atoms with van der Waals surface area (Å²) in [7, 11) is 0. The van der Waals surface area contributed by atoms with Crippen LogP contribution < -0.4 is 5.32 Å². The van der Waals surface area contributed by atoms with Crippen LogP contribution in [-0.2, 0) is 4.74 Å². The predicted molar refractivity (Wildman–Crippen MR) is 86.2 cm³/mol. The first-order chi connectivity index (χ1) is 10.1. The van der Waals surface area contributed by atoms with Crippen LogP contribution in [0.3, 0.4) is 0 Å². The van der Waals surface area contributed by atoms with E-state index in [1.807, 2.05) is 18.2 Å². The molecule has 1 saturated heterocycles. The van der Waals surface area contributed by atoms with Gasteiger partial charge < -0.3 is 14.6 Å². The van der Waals surface area contributed by atoms with E-state index in [0.717, 1.165) is 35.0 Å². The quantitative estimate of drug-likeness (QED) is 0.941. The van der Waals surface area contributed by atoms with E-state index in [-0.39, 0.29) is 5.92 Å². The van der Waals surface area contributed by atoms with Crippen molar-refractivity contribution < 1.29 is 4.74 Å². The van der Waals surface area contributed by atoms with Gasteiger partial charge in [-0.2, -0.15) is 0 Å². The number of nitrogens with one attached hydrogen (secondary N) is 1. The molecule has 1 aliphatic rings. The van der Waals surface area contributed by atoms with Crippen LogP contribution in [0.5, 0.6) is 0 Å². The molecule has 2 aromatic rings. The number of likely N-dealkylation sites (N-methyl/N-ethyl adjacent to an activating group) is 1. The Labute approximate surface area is 130 Å². The average molecular weight is 308 g/mol. The number of hydrogen-bond acceptors (Lipinski definition) is 3. The molecule has 114 valence electrons. The number of rotatable bonds is 4. The zero-order chi connectivity index (χ0) is 15.0. The van der Waals surface area contributed by atoms with Gasteiger partial charge in [0.05, 0.1) is 35.2 Å². The highest BCUT2D eigenvalue weighted by atomic mass is 35.5. The molecule has 0 saturated carbocycles. The van der Waals surface area contributed by atoms with Crippen molar-refractivity contribution in [1.82, 2.24) is 14.9 Å². The third kappa shape index (κ3) is 2.56. The molecule has 0 amide bonds. The van der Waals surface area contributed by atoms with Gasteiger partial charge in [-0.25, -0.2) is 4.98 Å². The molecule has 21 heavy (non-hydrogen) atoms. The summed E-state index contributed by atoms with van der Waals surface area (Å²) in [4.78, 5) is 4.87. The van der Waals surface area contributed by atoms with Gasteiger partial charge in [-0.3, -0.25) is 0 Å². The number of aromatic nitrogens is 2. The summed E-state index contributed by atoms with van der Waals surface area (Å²) in [5, 5.41) is 4.27. The second-order valence-electron chi connectivity index (χ2n) is 5.85. The number of halogens is 1. The summed E-state index contributed by atoms with van der Waals surface area (Å²) in [5.74, 6) is 1.35. The van der Waals surface area contributed by atoms with E-state index in [1.54, 1.807) is 0 Å². The summed E-state index contributed by atoms with van der Waals surface area (Å²) in [5.41, 5.74) is 2.00. The van der Waals surface area contributed by atoms with E-state index in [2.05, 4.69) is 30.7 Å². The third-order valence-electron chi connectivity index (χ3n) is 4.08. The van der Waals surface area contributed by atoms with Crippen LogP contribution in [0.1, 0.15) is 38.6 Å². The topological polar surface area (TPSA) is 39.1 Å². The van der Waals surface area contributed by atoms with Crippen LogP contribution >= 0.6 is 11.6 Å². The van der Waals surface area contributed by atoms with Crippen molar-refractivity contribution in [2.24, 2.45) is 0 Å². The van der Waals surface area contributed by atoms with E-state index in [1.165, 1.54) is 0 Å². The lowest BCUT2D eigenvalue weighted by Crippen LogP contribution is -2.35. The fraction of sp³-hybridized carbons (Fsp3) is 0.562. The molecule has 2 unspecified atom stereocenters. The molecule has 0 aliphatic carbocycles. The SMILES string of the molecule is CCNC1COCC1c1nc2cccc(Cl)c2n1C(C)C. The summed E-state index contributed by atoms with van der Waals surface area (Å²) in [6, 6.07) is 6.55. The smallest absolute Gasteiger partial charge is 0.117 e. The fourth-order valence-corrected chi connectivity index (χ4v) is 3.44. The molecule has 0 spiro atoms. The number of para-hydroxylation sites is 1. The van der Waals surface area contributed by atoms with Crippen LogP contribution in [0.2, 0.25) is 5.02 Å². The normalized spacial score (nSPS) is 22.5. The highest BCUT2D eigenvalue weighted by Gasteiger charge is 2.33. The van der Waals surface area contributed by atoms with Gasteiger partial charge in [-0.15, -0.1) is 0 Å². The first kappa shape index (κ1) is 14.8. The van der Waals surface area contributed by atoms with Crippen molar-refractivity contribution in [2.75, 3.05) is 19.8 Å². The van der Waals surface area contributed by atoms with Crippen molar-refractivity contribution in [2.45, 2.75) is 38.8 Å². The molecular weight excluding hydrogens is 286 g/mol. The Morgan fingerprint density at radius 2 is 2.24 bits per heavy atom. The van der Waals surface area contributed by atoms with Gasteiger partial charge in [0.2, 0.25) is 0 Å². The minimum Gasteiger partial charge on any atom is -0.379 e. The molecule has 1 aliphatic heterocycles. The van der Waals surface area contributed by atoms with Gasteiger partial charge in [0.1, 0.15) is 5.82 Å². The second kappa shape index (κ2) is 5.95. The maximum atomic E-state index is 6.42. The lowest BCUT2D eigenvalue weighted by atomic mass is 10.0. The van der Waals surface area contributed by atoms with Gasteiger partial charge >= 0.3 is 0 Å². The fourth-order valence-electron chi connectivity index (χ4n) is 3.18. The molecule has 2 heterocycles. The third-order valence-corrected chi connectivity index (χ3v) is 4.39. The van der Waals surface area contributed by atoms with Crippen LogP contribution in [0.25, 0.3) is 11.0 Å². The molecule has 0 bridgehead atoms. The van der Waals surface area contributed by atoms with Crippen LogP contribution in [0.15, 0.2) is 18.2 Å². The van der Waals surface area contributed by atoms with Gasteiger partial charge in [-0.1, -0.05) is 24.6 Å². The molecule has 1 fully saturated rings. The number of imidazole rings is 1. The zero-order valence-corrected chi connectivity index (χ0v) is 13.5. The van der Waals surface area contributed by atoms with Crippen molar-refractivity contribution in [1.29, 1.82) is 0 Å². The molecule has 1 N–H and O–H groups in total. The molecule has 5 heteroatoms. The average Bonchev–Trinajstić information content (AvgIpc) is 3.03. The maximum Gasteiger partial charge on any atom is 0.117 e. The number of ether oxygens (including phenoxy) is 1. The lowest BCUT2D eigenvalue weighted by Gasteiger charge is -2.21. The zero-order valence-electron chi connectivity index (χ0n) is 12.8. The van der Waals surface area contributed by atoms with Gasteiger partial charge in [-0.05, 0) is 32.5 Å². The number of benzene rings is 1. The largest absolute Gasteiger partial charge is 0.379 e. The highest BCUT2D eigenvalue weighted by Crippen LogP contribution is 2.33. The van der Waals surface area contributed by atoms with Crippen molar-refractivity contribution in [3.63, 3.8) is 0 Å². The van der Waals surface area contributed by atoms with Crippen LogP contribution in [-0.4, -0.2) is 35.4 Å². The van der Waals surface area contributed by atoms with Gasteiger partial charge in [0.25, 0.3) is 0 Å². The van der Waals surface area contributed by atoms with Gasteiger partial charge in [0, 0.05) is 12.1 Å². The first-order valence-electron chi connectivity index (χ1n) is 7.61. The Hall–Kier alpha value is -1.10. The highest BCUT2D eigenvalue weighted by molar-refractivity contribution is 6.35. The summed E-state index contributed by atoms with van der Waals surface area (Å²) in [6.07, 6.45) is 0. The number of nitrogens with zero attached hydrogens (tertiary/aromatic N) is 2. The molecule has 1 aromatic carbocycles. The summed E-state index contributed by atoms with van der Waals surface area (Å²) >= 11 is 6.42. The van der Waals surface area contributed by atoms with E-state index < -0.39 is 0 Å². The Bertz CT molecular complexity index is 638. The predicted octanol–water partition coefficient (Wildman–Crippen LogP) is 3.36. The van der Waals surface area contributed by atoms with Crippen LogP contribution in [0.4, 0.5) is 0 Å². The molecule has 2 atom stereocenters. The monoisotopic (exact) mass is 307 g/mol. The molecule has 4 nitrogen and oxygen atoms in total. The van der Waals surface area contributed by atoms with E-state index in [9.17, 15) is 0 Å². The van der Waals surface area contributed by atoms with E-state index in [0.29, 0.717) is 18.7 Å². The lowest BCUT2D eigenvalue weighted by molar-refractivity contribution is 0.187. The summed E-state index contributed by atoms with van der Waals surface area (Å²) < 4.78 is 7.95. The molecular formula is C16H22ClN3O. The molecule has 3 rings (SSSR count). The maximum absolute atomic E-state index is 6.42. The Balaban J connectivity index is 2.13. The standard InChI is InChI=1S/C16H22ClN3O/c1-4-18-14-9-21-8-11(14)16-19-13-7-5-6-12(17)15(13)20(16)10(2)3/h5-7,10-11,14,18H,4,8-9H2,1-3H3. The minimum atomic E-state index is 0.274. The summed E-state index contributed by atoms with van der Waals surface area (Å²) in [6.45, 7) is 8.86.